The minimum Gasteiger partial charge on any atom is -0.378 e. The van der Waals surface area contributed by atoms with Crippen LogP contribution in [0.4, 0.5) is 11.4 Å². The highest BCUT2D eigenvalue weighted by atomic mass is 127. The fourth-order valence-corrected chi connectivity index (χ4v) is 3.05. The van der Waals surface area contributed by atoms with Crippen molar-refractivity contribution in [3.05, 3.63) is 76.7 Å². The Morgan fingerprint density at radius 3 is 2.58 bits per heavy atom. The average Bonchev–Trinajstić information content (AvgIpc) is 3.23. The summed E-state index contributed by atoms with van der Waals surface area (Å²) in [6.07, 6.45) is 1.82. The number of guanidine groups is 1. The molecule has 0 aliphatic heterocycles. The van der Waals surface area contributed by atoms with Crippen LogP contribution in [0.15, 0.2) is 65.8 Å². The Balaban J connectivity index is 0.00000341. The normalized spacial score (nSPS) is 10.8. The summed E-state index contributed by atoms with van der Waals surface area (Å²) in [6.45, 7) is 1.62. The molecule has 0 spiro atoms. The fourth-order valence-electron chi connectivity index (χ4n) is 3.05. The van der Waals surface area contributed by atoms with Crippen LogP contribution in [-0.4, -0.2) is 52.9 Å². The SMILES string of the molecule is CN=C(NCCNc1ccccc1[N+](=O)[O-])N(C)Cc1ncc(-c2ccccc2)[nH]1.I. The molecule has 1 aromatic heterocycles. The second kappa shape index (κ2) is 11.9. The summed E-state index contributed by atoms with van der Waals surface area (Å²) in [5, 5.41) is 17.4. The van der Waals surface area contributed by atoms with E-state index in [1.807, 2.05) is 48.5 Å². The first-order valence-corrected chi connectivity index (χ1v) is 9.57. The number of nitrogens with zero attached hydrogens (tertiary/aromatic N) is 4. The van der Waals surface area contributed by atoms with Gasteiger partial charge in [0, 0.05) is 33.3 Å². The number of halogens is 1. The number of para-hydroxylation sites is 2. The summed E-state index contributed by atoms with van der Waals surface area (Å²) in [7, 11) is 3.64. The van der Waals surface area contributed by atoms with Crippen molar-refractivity contribution in [2.75, 3.05) is 32.5 Å². The van der Waals surface area contributed by atoms with E-state index in [0.29, 0.717) is 31.3 Å². The summed E-state index contributed by atoms with van der Waals surface area (Å²) >= 11 is 0. The third kappa shape index (κ3) is 6.67. The van der Waals surface area contributed by atoms with E-state index in [2.05, 4.69) is 25.6 Å². The molecule has 10 heteroatoms. The Kier molecular flexibility index (Phi) is 9.25. The summed E-state index contributed by atoms with van der Waals surface area (Å²) < 4.78 is 0. The molecule has 0 aliphatic rings. The van der Waals surface area contributed by atoms with Crippen molar-refractivity contribution in [2.24, 2.45) is 4.99 Å². The molecule has 0 amide bonds. The van der Waals surface area contributed by atoms with Gasteiger partial charge in [-0.2, -0.15) is 0 Å². The Bertz CT molecular complexity index is 1010. The molecule has 0 bridgehead atoms. The van der Waals surface area contributed by atoms with Crippen molar-refractivity contribution in [3.8, 4) is 11.3 Å². The number of hydrogen-bond donors (Lipinski definition) is 3. The Labute approximate surface area is 198 Å². The van der Waals surface area contributed by atoms with Crippen LogP contribution < -0.4 is 10.6 Å². The zero-order chi connectivity index (χ0) is 21.3. The number of rotatable bonds is 8. The van der Waals surface area contributed by atoms with Gasteiger partial charge < -0.3 is 20.5 Å². The third-order valence-corrected chi connectivity index (χ3v) is 4.50. The van der Waals surface area contributed by atoms with E-state index in [0.717, 1.165) is 17.1 Å². The molecule has 9 nitrogen and oxygen atoms in total. The smallest absolute Gasteiger partial charge is 0.292 e. The largest absolute Gasteiger partial charge is 0.378 e. The molecule has 0 fully saturated rings. The van der Waals surface area contributed by atoms with Crippen molar-refractivity contribution < 1.29 is 4.92 Å². The molecule has 164 valence electrons. The van der Waals surface area contributed by atoms with Crippen LogP contribution in [0, 0.1) is 10.1 Å². The number of anilines is 1. The second-order valence-electron chi connectivity index (χ2n) is 6.64. The number of nitro groups is 1. The highest BCUT2D eigenvalue weighted by Crippen LogP contribution is 2.22. The number of H-pyrrole nitrogens is 1. The van der Waals surface area contributed by atoms with E-state index < -0.39 is 4.92 Å². The molecule has 0 saturated heterocycles. The van der Waals surface area contributed by atoms with E-state index in [4.69, 9.17) is 0 Å². The van der Waals surface area contributed by atoms with Gasteiger partial charge >= 0.3 is 0 Å². The van der Waals surface area contributed by atoms with Gasteiger partial charge in [0.25, 0.3) is 5.69 Å². The maximum atomic E-state index is 11.1. The highest BCUT2D eigenvalue weighted by Gasteiger charge is 2.12. The number of nitro benzene ring substituents is 1. The molecule has 0 unspecified atom stereocenters. The first-order chi connectivity index (χ1) is 14.6. The summed E-state index contributed by atoms with van der Waals surface area (Å²) in [6, 6.07) is 16.6. The van der Waals surface area contributed by atoms with Crippen molar-refractivity contribution in [1.29, 1.82) is 0 Å². The van der Waals surface area contributed by atoms with Crippen LogP contribution in [-0.2, 0) is 6.54 Å². The van der Waals surface area contributed by atoms with Gasteiger partial charge in [0.2, 0.25) is 0 Å². The predicted molar refractivity (Wildman–Crippen MR) is 134 cm³/mol. The van der Waals surface area contributed by atoms with Crippen LogP contribution >= 0.6 is 24.0 Å². The lowest BCUT2D eigenvalue weighted by atomic mass is 10.2. The molecule has 0 radical (unpaired) electrons. The minimum atomic E-state index is -0.393. The van der Waals surface area contributed by atoms with Gasteiger partial charge in [-0.3, -0.25) is 15.1 Å². The quantitative estimate of drug-likeness (QED) is 0.101. The van der Waals surface area contributed by atoms with Crippen molar-refractivity contribution in [3.63, 3.8) is 0 Å². The van der Waals surface area contributed by atoms with Gasteiger partial charge in [-0.05, 0) is 11.6 Å². The van der Waals surface area contributed by atoms with Gasteiger partial charge in [-0.25, -0.2) is 4.98 Å². The summed E-state index contributed by atoms with van der Waals surface area (Å²) in [5.41, 5.74) is 2.61. The molecular weight excluding hydrogens is 509 g/mol. The third-order valence-electron chi connectivity index (χ3n) is 4.50. The van der Waals surface area contributed by atoms with Crippen molar-refractivity contribution in [1.82, 2.24) is 20.2 Å². The predicted octanol–water partition coefficient (Wildman–Crippen LogP) is 3.72. The zero-order valence-corrected chi connectivity index (χ0v) is 19.7. The number of aromatic nitrogens is 2. The van der Waals surface area contributed by atoms with Gasteiger partial charge in [0.1, 0.15) is 11.5 Å². The number of aliphatic imine (C=N–C) groups is 1. The number of aromatic amines is 1. The van der Waals surface area contributed by atoms with Crippen LogP contribution in [0.25, 0.3) is 11.3 Å². The molecular formula is C21H26IN7O2. The second-order valence-corrected chi connectivity index (χ2v) is 6.64. The van der Waals surface area contributed by atoms with Crippen LogP contribution in [0.5, 0.6) is 0 Å². The van der Waals surface area contributed by atoms with Crippen LogP contribution in [0.2, 0.25) is 0 Å². The molecule has 1 heterocycles. The molecule has 3 aromatic rings. The maximum absolute atomic E-state index is 11.1. The van der Waals surface area contributed by atoms with E-state index in [1.165, 1.54) is 6.07 Å². The molecule has 0 atom stereocenters. The Hall–Kier alpha value is -3.15. The topological polar surface area (TPSA) is 111 Å². The fraction of sp³-hybridized carbons (Fsp3) is 0.238. The number of benzene rings is 2. The Morgan fingerprint density at radius 1 is 1.16 bits per heavy atom. The summed E-state index contributed by atoms with van der Waals surface area (Å²) in [4.78, 5) is 24.7. The van der Waals surface area contributed by atoms with Crippen molar-refractivity contribution >= 4 is 41.3 Å². The van der Waals surface area contributed by atoms with Crippen LogP contribution in [0.3, 0.4) is 0 Å². The van der Waals surface area contributed by atoms with E-state index in [9.17, 15) is 10.1 Å². The average molecular weight is 535 g/mol. The number of nitrogens with one attached hydrogen (secondary N) is 3. The molecule has 3 rings (SSSR count). The minimum absolute atomic E-state index is 0. The highest BCUT2D eigenvalue weighted by molar-refractivity contribution is 14.0. The molecule has 0 saturated carbocycles. The van der Waals surface area contributed by atoms with Gasteiger partial charge in [-0.1, -0.05) is 42.5 Å². The lowest BCUT2D eigenvalue weighted by Gasteiger charge is -2.21. The number of imidazole rings is 1. The Morgan fingerprint density at radius 2 is 1.87 bits per heavy atom. The van der Waals surface area contributed by atoms with Crippen LogP contribution in [0.1, 0.15) is 5.82 Å². The van der Waals surface area contributed by atoms with Gasteiger partial charge in [-0.15, -0.1) is 24.0 Å². The first kappa shape index (κ1) is 24.1. The van der Waals surface area contributed by atoms with E-state index in [1.54, 1.807) is 25.2 Å². The van der Waals surface area contributed by atoms with E-state index >= 15 is 0 Å². The summed E-state index contributed by atoms with van der Waals surface area (Å²) in [5.74, 6) is 1.54. The van der Waals surface area contributed by atoms with Gasteiger partial charge in [0.05, 0.1) is 23.4 Å². The lowest BCUT2D eigenvalue weighted by Crippen LogP contribution is -2.40. The standard InChI is InChI=1S/C21H25N7O2.HI/c1-22-21(24-13-12-23-17-10-6-7-11-19(17)28(29)30)27(2)15-20-25-14-18(26-20)16-8-4-3-5-9-16;/h3-11,14,23H,12-13,15H2,1-2H3,(H,22,24)(H,25,26);1H. The molecule has 0 aliphatic carbocycles. The zero-order valence-electron chi connectivity index (χ0n) is 17.4. The lowest BCUT2D eigenvalue weighted by molar-refractivity contribution is -0.384. The molecule has 3 N–H and O–H groups in total. The van der Waals surface area contributed by atoms with Crippen molar-refractivity contribution in [2.45, 2.75) is 6.54 Å². The molecule has 31 heavy (non-hydrogen) atoms. The molecule has 2 aromatic carbocycles. The maximum Gasteiger partial charge on any atom is 0.292 e. The first-order valence-electron chi connectivity index (χ1n) is 9.57. The monoisotopic (exact) mass is 535 g/mol. The van der Waals surface area contributed by atoms with Gasteiger partial charge in [0.15, 0.2) is 5.96 Å². The van der Waals surface area contributed by atoms with E-state index in [-0.39, 0.29) is 29.7 Å². The number of hydrogen-bond acceptors (Lipinski definition) is 5.